The lowest BCUT2D eigenvalue weighted by atomic mass is 10.1. The van der Waals surface area contributed by atoms with Crippen LogP contribution in [-0.2, 0) is 13.0 Å². The van der Waals surface area contributed by atoms with Crippen molar-refractivity contribution in [3.05, 3.63) is 118 Å². The van der Waals surface area contributed by atoms with Crippen LogP contribution in [0, 0.1) is 13.8 Å². The number of anilines is 2. The molecule has 0 aliphatic carbocycles. The summed E-state index contributed by atoms with van der Waals surface area (Å²) >= 11 is 5.90. The van der Waals surface area contributed by atoms with Crippen molar-refractivity contribution >= 4 is 40.0 Å². The van der Waals surface area contributed by atoms with Gasteiger partial charge in [0.2, 0.25) is 0 Å². The molecule has 2 heterocycles. The van der Waals surface area contributed by atoms with Gasteiger partial charge in [-0.1, -0.05) is 54.1 Å². The van der Waals surface area contributed by atoms with Crippen molar-refractivity contribution in [2.45, 2.75) is 26.8 Å². The fourth-order valence-corrected chi connectivity index (χ4v) is 4.57. The number of hydrogen-bond acceptors (Lipinski definition) is 4. The highest BCUT2D eigenvalue weighted by molar-refractivity contribution is 6.30. The number of aromatic nitrogens is 3. The normalized spacial score (nSPS) is 11.0. The molecule has 2 N–H and O–H groups in total. The summed E-state index contributed by atoms with van der Waals surface area (Å²) in [5.41, 5.74) is 7.04. The van der Waals surface area contributed by atoms with E-state index < -0.39 is 0 Å². The van der Waals surface area contributed by atoms with Crippen molar-refractivity contribution in [2.75, 3.05) is 17.2 Å². The second kappa shape index (κ2) is 10.8. The molecule has 0 aliphatic heterocycles. The van der Waals surface area contributed by atoms with E-state index in [0.717, 1.165) is 47.6 Å². The third kappa shape index (κ3) is 5.49. The minimum atomic E-state index is -0.163. The molecule has 6 nitrogen and oxygen atoms in total. The van der Waals surface area contributed by atoms with E-state index >= 15 is 0 Å². The average molecular weight is 510 g/mol. The number of nitrogens with zero attached hydrogens (tertiary/aromatic N) is 3. The quantitative estimate of drug-likeness (QED) is 0.245. The summed E-state index contributed by atoms with van der Waals surface area (Å²) in [6, 6.07) is 25.2. The van der Waals surface area contributed by atoms with Gasteiger partial charge >= 0.3 is 0 Å². The summed E-state index contributed by atoms with van der Waals surface area (Å²) in [4.78, 5) is 21.6. The van der Waals surface area contributed by atoms with E-state index in [2.05, 4.69) is 63.3 Å². The van der Waals surface area contributed by atoms with Crippen LogP contribution in [0.2, 0.25) is 5.02 Å². The van der Waals surface area contributed by atoms with Crippen LogP contribution in [0.3, 0.4) is 0 Å². The van der Waals surface area contributed by atoms with Gasteiger partial charge in [-0.15, -0.1) is 0 Å². The number of fused-ring (bicyclic) bond motifs is 1. The van der Waals surface area contributed by atoms with Gasteiger partial charge in [0.15, 0.2) is 0 Å². The van der Waals surface area contributed by atoms with Gasteiger partial charge in [0, 0.05) is 35.1 Å². The van der Waals surface area contributed by atoms with Gasteiger partial charge in [-0.3, -0.25) is 4.79 Å². The molecule has 7 heteroatoms. The SMILES string of the molecule is Cc1c(C)n(Cc2ccccc2)c2ncnc(NCCc3ccc(NC(=O)c4ccc(Cl)cc4)cc3)c12. The highest BCUT2D eigenvalue weighted by Crippen LogP contribution is 2.29. The Kier molecular flexibility index (Phi) is 7.19. The minimum Gasteiger partial charge on any atom is -0.369 e. The van der Waals surface area contributed by atoms with Gasteiger partial charge in [-0.25, -0.2) is 9.97 Å². The maximum Gasteiger partial charge on any atom is 0.255 e. The van der Waals surface area contributed by atoms with E-state index in [1.165, 1.54) is 16.8 Å². The van der Waals surface area contributed by atoms with Crippen LogP contribution < -0.4 is 10.6 Å². The smallest absolute Gasteiger partial charge is 0.255 e. The van der Waals surface area contributed by atoms with Crippen molar-refractivity contribution in [1.82, 2.24) is 14.5 Å². The molecule has 0 unspecified atom stereocenters. The topological polar surface area (TPSA) is 71.8 Å². The highest BCUT2D eigenvalue weighted by atomic mass is 35.5. The van der Waals surface area contributed by atoms with Crippen molar-refractivity contribution in [3.8, 4) is 0 Å². The molecule has 0 aliphatic rings. The molecule has 3 aromatic carbocycles. The lowest BCUT2D eigenvalue weighted by Gasteiger charge is -2.10. The molecule has 186 valence electrons. The summed E-state index contributed by atoms with van der Waals surface area (Å²) in [5, 5.41) is 8.10. The number of hydrogen-bond donors (Lipinski definition) is 2. The lowest BCUT2D eigenvalue weighted by Crippen LogP contribution is -2.12. The summed E-state index contributed by atoms with van der Waals surface area (Å²) in [7, 11) is 0. The zero-order chi connectivity index (χ0) is 25.8. The summed E-state index contributed by atoms with van der Waals surface area (Å²) < 4.78 is 2.25. The maximum absolute atomic E-state index is 12.4. The zero-order valence-corrected chi connectivity index (χ0v) is 21.6. The molecule has 0 saturated heterocycles. The first-order chi connectivity index (χ1) is 18.0. The van der Waals surface area contributed by atoms with Crippen LogP contribution in [0.25, 0.3) is 11.0 Å². The standard InChI is InChI=1S/C30H28ClN5O/c1-20-21(2)36(18-23-6-4-3-5-7-23)29-27(20)28(33-19-34-29)32-17-16-22-8-14-26(15-9-22)35-30(37)24-10-12-25(31)13-11-24/h3-15,19H,16-18H2,1-2H3,(H,35,37)(H,32,33,34). The maximum atomic E-state index is 12.4. The van der Waals surface area contributed by atoms with E-state index in [4.69, 9.17) is 11.6 Å². The molecule has 0 radical (unpaired) electrons. The molecule has 37 heavy (non-hydrogen) atoms. The number of nitrogens with one attached hydrogen (secondary N) is 2. The Hall–Kier alpha value is -4.16. The van der Waals surface area contributed by atoms with Crippen molar-refractivity contribution in [1.29, 1.82) is 0 Å². The fourth-order valence-electron chi connectivity index (χ4n) is 4.45. The lowest BCUT2D eigenvalue weighted by molar-refractivity contribution is 0.102. The molecular formula is C30H28ClN5O. The van der Waals surface area contributed by atoms with E-state index in [9.17, 15) is 4.79 Å². The Morgan fingerprint density at radius 3 is 2.35 bits per heavy atom. The van der Waals surface area contributed by atoms with E-state index in [-0.39, 0.29) is 5.91 Å². The summed E-state index contributed by atoms with van der Waals surface area (Å²) in [6.07, 6.45) is 2.45. The molecule has 2 aromatic heterocycles. The first kappa shape index (κ1) is 24.5. The Morgan fingerprint density at radius 1 is 0.892 bits per heavy atom. The van der Waals surface area contributed by atoms with Gasteiger partial charge in [-0.05, 0) is 73.4 Å². The zero-order valence-electron chi connectivity index (χ0n) is 20.8. The summed E-state index contributed by atoms with van der Waals surface area (Å²) in [6.45, 7) is 5.76. The van der Waals surface area contributed by atoms with Crippen molar-refractivity contribution in [2.24, 2.45) is 0 Å². The van der Waals surface area contributed by atoms with Gasteiger partial charge in [0.1, 0.15) is 17.8 Å². The molecule has 0 fully saturated rings. The van der Waals surface area contributed by atoms with Crippen LogP contribution in [0.4, 0.5) is 11.5 Å². The van der Waals surface area contributed by atoms with Crippen LogP contribution in [0.1, 0.15) is 32.7 Å². The van der Waals surface area contributed by atoms with Crippen LogP contribution in [-0.4, -0.2) is 27.0 Å². The molecule has 5 rings (SSSR count). The fraction of sp³-hybridized carbons (Fsp3) is 0.167. The van der Waals surface area contributed by atoms with E-state index in [0.29, 0.717) is 10.6 Å². The highest BCUT2D eigenvalue weighted by Gasteiger charge is 2.16. The van der Waals surface area contributed by atoms with Crippen molar-refractivity contribution in [3.63, 3.8) is 0 Å². The van der Waals surface area contributed by atoms with Crippen molar-refractivity contribution < 1.29 is 4.79 Å². The number of amides is 1. The third-order valence-corrected chi connectivity index (χ3v) is 6.87. The molecule has 0 spiro atoms. The Bertz CT molecular complexity index is 1530. The van der Waals surface area contributed by atoms with Gasteiger partial charge in [0.05, 0.1) is 5.39 Å². The van der Waals surface area contributed by atoms with Gasteiger partial charge in [0.25, 0.3) is 5.91 Å². The Balaban J connectivity index is 1.24. The van der Waals surface area contributed by atoms with E-state index in [1.807, 2.05) is 30.3 Å². The number of carbonyl (C=O) groups is 1. The molecular weight excluding hydrogens is 482 g/mol. The first-order valence-electron chi connectivity index (χ1n) is 12.2. The first-order valence-corrected chi connectivity index (χ1v) is 12.6. The predicted molar refractivity (Wildman–Crippen MR) is 151 cm³/mol. The van der Waals surface area contributed by atoms with Gasteiger partial charge in [-0.2, -0.15) is 0 Å². The average Bonchev–Trinajstić information content (AvgIpc) is 3.16. The number of rotatable bonds is 8. The largest absolute Gasteiger partial charge is 0.369 e. The molecule has 5 aromatic rings. The molecule has 0 saturated carbocycles. The number of carbonyl (C=O) groups excluding carboxylic acids is 1. The Morgan fingerprint density at radius 2 is 1.62 bits per heavy atom. The molecule has 0 atom stereocenters. The number of aryl methyl sites for hydroxylation is 1. The summed E-state index contributed by atoms with van der Waals surface area (Å²) in [5.74, 6) is 0.688. The Labute approximate surface area is 221 Å². The second-order valence-corrected chi connectivity index (χ2v) is 9.47. The number of benzene rings is 3. The monoisotopic (exact) mass is 509 g/mol. The van der Waals surface area contributed by atoms with Crippen LogP contribution >= 0.6 is 11.6 Å². The number of halogens is 1. The molecule has 0 bridgehead atoms. The second-order valence-electron chi connectivity index (χ2n) is 9.04. The van der Waals surface area contributed by atoms with Gasteiger partial charge < -0.3 is 15.2 Å². The van der Waals surface area contributed by atoms with Crippen LogP contribution in [0.15, 0.2) is 85.2 Å². The minimum absolute atomic E-state index is 0.163. The predicted octanol–water partition coefficient (Wildman–Crippen LogP) is 6.66. The van der Waals surface area contributed by atoms with Crippen LogP contribution in [0.5, 0.6) is 0 Å². The third-order valence-electron chi connectivity index (χ3n) is 6.61. The van der Waals surface area contributed by atoms with E-state index in [1.54, 1.807) is 30.6 Å². The molecule has 1 amide bonds.